The maximum absolute atomic E-state index is 12.6. The Morgan fingerprint density at radius 3 is 2.00 bits per heavy atom. The molecule has 0 aromatic heterocycles. The number of fused-ring (bicyclic) bond motifs is 1. The van der Waals surface area contributed by atoms with Gasteiger partial charge in [-0.25, -0.2) is 0 Å². The summed E-state index contributed by atoms with van der Waals surface area (Å²) in [6.07, 6.45) is 1.61. The summed E-state index contributed by atoms with van der Waals surface area (Å²) in [6, 6.07) is 18.0. The van der Waals surface area contributed by atoms with Crippen LogP contribution in [0.5, 0.6) is 5.75 Å². The zero-order valence-electron chi connectivity index (χ0n) is 14.9. The SMILES string of the molecule is O=C1C(=Cc2cc(Br)c(OCc3ccccc3Cl)c(Br)c2)C(=O)c2ccccc21. The minimum atomic E-state index is -0.253. The first-order valence-corrected chi connectivity index (χ1v) is 10.7. The van der Waals surface area contributed by atoms with Gasteiger partial charge < -0.3 is 4.74 Å². The van der Waals surface area contributed by atoms with Crippen LogP contribution >= 0.6 is 43.5 Å². The van der Waals surface area contributed by atoms with Crippen LogP contribution < -0.4 is 4.74 Å². The molecule has 0 saturated carbocycles. The van der Waals surface area contributed by atoms with E-state index in [0.717, 1.165) is 5.56 Å². The van der Waals surface area contributed by atoms with Gasteiger partial charge in [0.25, 0.3) is 0 Å². The summed E-state index contributed by atoms with van der Waals surface area (Å²) in [4.78, 5) is 25.2. The Labute approximate surface area is 189 Å². The van der Waals surface area contributed by atoms with E-state index in [2.05, 4.69) is 31.9 Å². The topological polar surface area (TPSA) is 43.4 Å². The monoisotopic (exact) mass is 530 g/mol. The predicted molar refractivity (Wildman–Crippen MR) is 121 cm³/mol. The minimum Gasteiger partial charge on any atom is -0.486 e. The van der Waals surface area contributed by atoms with E-state index in [1.165, 1.54) is 0 Å². The van der Waals surface area contributed by atoms with Gasteiger partial charge in [0.15, 0.2) is 11.6 Å². The average Bonchev–Trinajstić information content (AvgIpc) is 2.94. The van der Waals surface area contributed by atoms with E-state index >= 15 is 0 Å². The second-order valence-corrected chi connectivity index (χ2v) is 8.57. The molecule has 0 unspecified atom stereocenters. The Kier molecular flexibility index (Phi) is 5.72. The fourth-order valence-electron chi connectivity index (χ4n) is 3.14. The maximum Gasteiger partial charge on any atom is 0.197 e. The first kappa shape index (κ1) is 20.1. The Bertz CT molecular complexity index is 1120. The summed E-state index contributed by atoms with van der Waals surface area (Å²) < 4.78 is 7.31. The smallest absolute Gasteiger partial charge is 0.197 e. The summed E-state index contributed by atoms with van der Waals surface area (Å²) in [5.74, 6) is 0.105. The first-order valence-electron chi connectivity index (χ1n) is 8.71. The van der Waals surface area contributed by atoms with Gasteiger partial charge in [0.05, 0.1) is 14.5 Å². The molecule has 0 amide bonds. The number of carbonyl (C=O) groups excluding carboxylic acids is 2. The molecule has 4 rings (SSSR count). The molecule has 0 atom stereocenters. The van der Waals surface area contributed by atoms with Crippen LogP contribution in [0.25, 0.3) is 6.08 Å². The van der Waals surface area contributed by atoms with Crippen LogP contribution in [0.2, 0.25) is 5.02 Å². The van der Waals surface area contributed by atoms with Crippen LogP contribution in [0.3, 0.4) is 0 Å². The normalized spacial score (nSPS) is 12.9. The quantitative estimate of drug-likeness (QED) is 0.271. The lowest BCUT2D eigenvalue weighted by molar-refractivity contribution is 0.0990. The van der Waals surface area contributed by atoms with Crippen LogP contribution in [0.1, 0.15) is 31.8 Å². The number of Topliss-reactive ketones (excluding diaryl/α,β-unsaturated/α-hetero) is 2. The molecule has 6 heteroatoms. The number of ketones is 2. The number of carbonyl (C=O) groups is 2. The van der Waals surface area contributed by atoms with Crippen LogP contribution in [-0.4, -0.2) is 11.6 Å². The molecule has 0 N–H and O–H groups in total. The van der Waals surface area contributed by atoms with Crippen molar-refractivity contribution < 1.29 is 14.3 Å². The van der Waals surface area contributed by atoms with E-state index in [-0.39, 0.29) is 17.1 Å². The van der Waals surface area contributed by atoms with Gasteiger partial charge in [-0.05, 0) is 61.7 Å². The van der Waals surface area contributed by atoms with Crippen LogP contribution in [0.15, 0.2) is 75.2 Å². The number of hydrogen-bond donors (Lipinski definition) is 0. The Morgan fingerprint density at radius 2 is 1.41 bits per heavy atom. The van der Waals surface area contributed by atoms with E-state index in [4.69, 9.17) is 16.3 Å². The minimum absolute atomic E-state index is 0.162. The highest BCUT2D eigenvalue weighted by atomic mass is 79.9. The lowest BCUT2D eigenvalue weighted by atomic mass is 10.1. The van der Waals surface area contributed by atoms with Crippen molar-refractivity contribution in [1.82, 2.24) is 0 Å². The number of hydrogen-bond acceptors (Lipinski definition) is 3. The third-order valence-corrected chi connectivity index (χ3v) is 6.11. The van der Waals surface area contributed by atoms with Crippen molar-refractivity contribution in [3.05, 3.63) is 102 Å². The van der Waals surface area contributed by atoms with Gasteiger partial charge >= 0.3 is 0 Å². The van der Waals surface area contributed by atoms with Gasteiger partial charge in [-0.2, -0.15) is 0 Å². The molecule has 0 saturated heterocycles. The number of benzene rings is 3. The molecule has 3 aromatic rings. The van der Waals surface area contributed by atoms with Gasteiger partial charge in [-0.15, -0.1) is 0 Å². The molecule has 0 radical (unpaired) electrons. The molecule has 3 aromatic carbocycles. The maximum atomic E-state index is 12.6. The van der Waals surface area contributed by atoms with Gasteiger partial charge in [0.1, 0.15) is 12.4 Å². The van der Waals surface area contributed by atoms with Crippen molar-refractivity contribution >= 4 is 61.1 Å². The summed E-state index contributed by atoms with van der Waals surface area (Å²) in [7, 11) is 0. The van der Waals surface area contributed by atoms with Gasteiger partial charge in [-0.3, -0.25) is 9.59 Å². The average molecular weight is 533 g/mol. The molecule has 144 valence electrons. The van der Waals surface area contributed by atoms with E-state index in [0.29, 0.717) is 43.0 Å². The molecular weight excluding hydrogens is 520 g/mol. The van der Waals surface area contributed by atoms with Crippen LogP contribution in [0, 0.1) is 0 Å². The molecule has 1 aliphatic carbocycles. The highest BCUT2D eigenvalue weighted by Crippen LogP contribution is 2.37. The molecule has 1 aliphatic rings. The fourth-order valence-corrected chi connectivity index (χ4v) is 4.78. The Hall–Kier alpha value is -2.21. The van der Waals surface area contributed by atoms with E-state index in [9.17, 15) is 9.59 Å². The number of rotatable bonds is 4. The van der Waals surface area contributed by atoms with Crippen molar-refractivity contribution in [2.75, 3.05) is 0 Å². The first-order chi connectivity index (χ1) is 14.0. The predicted octanol–water partition coefficient (Wildman–Crippen LogP) is 6.91. The lowest BCUT2D eigenvalue weighted by Crippen LogP contribution is -2.01. The molecule has 0 aliphatic heterocycles. The van der Waals surface area contributed by atoms with Crippen molar-refractivity contribution in [3.63, 3.8) is 0 Å². The molecule has 0 fully saturated rings. The summed E-state index contributed by atoms with van der Waals surface area (Å²) >= 11 is 13.2. The second-order valence-electron chi connectivity index (χ2n) is 6.46. The molecule has 0 spiro atoms. The van der Waals surface area contributed by atoms with Crippen LogP contribution in [-0.2, 0) is 6.61 Å². The Balaban J connectivity index is 1.61. The van der Waals surface area contributed by atoms with E-state index < -0.39 is 0 Å². The number of halogens is 3. The van der Waals surface area contributed by atoms with Crippen molar-refractivity contribution in [2.45, 2.75) is 6.61 Å². The summed E-state index contributed by atoms with van der Waals surface area (Å²) in [5.41, 5.74) is 2.63. The van der Waals surface area contributed by atoms with Crippen molar-refractivity contribution in [3.8, 4) is 5.75 Å². The standard InChI is InChI=1S/C23H13Br2ClO3/c24-18-10-13(9-17-21(27)15-6-2-3-7-16(15)22(17)28)11-19(25)23(18)29-12-14-5-1-4-8-20(14)26/h1-11H,12H2. The second kappa shape index (κ2) is 8.27. The fraction of sp³-hybridized carbons (Fsp3) is 0.0435. The zero-order chi connectivity index (χ0) is 20.5. The molecule has 0 bridgehead atoms. The van der Waals surface area contributed by atoms with Gasteiger partial charge in [0.2, 0.25) is 0 Å². The molecule has 29 heavy (non-hydrogen) atoms. The highest BCUT2D eigenvalue weighted by molar-refractivity contribution is 9.11. The third kappa shape index (κ3) is 3.95. The zero-order valence-corrected chi connectivity index (χ0v) is 18.8. The van der Waals surface area contributed by atoms with E-state index in [1.807, 2.05) is 36.4 Å². The number of allylic oxidation sites excluding steroid dienone is 1. The van der Waals surface area contributed by atoms with E-state index in [1.54, 1.807) is 30.3 Å². The van der Waals surface area contributed by atoms with Crippen molar-refractivity contribution in [1.29, 1.82) is 0 Å². The molecule has 3 nitrogen and oxygen atoms in total. The summed E-state index contributed by atoms with van der Waals surface area (Å²) in [5, 5.41) is 0.638. The highest BCUT2D eigenvalue weighted by Gasteiger charge is 2.32. The third-order valence-electron chi connectivity index (χ3n) is 4.57. The van der Waals surface area contributed by atoms with Crippen molar-refractivity contribution in [2.24, 2.45) is 0 Å². The molecule has 0 heterocycles. The number of ether oxygens (including phenoxy) is 1. The Morgan fingerprint density at radius 1 is 0.862 bits per heavy atom. The van der Waals surface area contributed by atoms with Crippen LogP contribution in [0.4, 0.5) is 0 Å². The van der Waals surface area contributed by atoms with Gasteiger partial charge in [-0.1, -0.05) is 54.1 Å². The largest absolute Gasteiger partial charge is 0.486 e. The lowest BCUT2D eigenvalue weighted by Gasteiger charge is -2.12. The summed E-state index contributed by atoms with van der Waals surface area (Å²) in [6.45, 7) is 0.309. The molecular formula is C23H13Br2ClO3. The van der Waals surface area contributed by atoms with Gasteiger partial charge in [0, 0.05) is 21.7 Å².